The van der Waals surface area contributed by atoms with Gasteiger partial charge in [-0.25, -0.2) is 21.8 Å². The van der Waals surface area contributed by atoms with Crippen LogP contribution in [0.3, 0.4) is 0 Å². The van der Waals surface area contributed by atoms with Crippen LogP contribution in [0, 0.1) is 5.92 Å². The van der Waals surface area contributed by atoms with Crippen molar-refractivity contribution in [1.82, 2.24) is 14.2 Å². The Kier molecular flexibility index (Phi) is 6.64. The zero-order valence-electron chi connectivity index (χ0n) is 19.2. The highest BCUT2D eigenvalue weighted by atomic mass is 32.2. The molecule has 0 saturated carbocycles. The monoisotopic (exact) mass is 554 g/mol. The Hall–Kier alpha value is -2.06. The second-order valence-electron chi connectivity index (χ2n) is 8.79. The van der Waals surface area contributed by atoms with Crippen LogP contribution in [0.2, 0.25) is 0 Å². The molecule has 1 aromatic carbocycles. The van der Waals surface area contributed by atoms with Crippen LogP contribution in [0.1, 0.15) is 12.8 Å². The third-order valence-electron chi connectivity index (χ3n) is 6.52. The summed E-state index contributed by atoms with van der Waals surface area (Å²) >= 11 is 2.67. The maximum absolute atomic E-state index is 13.1. The summed E-state index contributed by atoms with van der Waals surface area (Å²) in [6, 6.07) is 8.52. The first kappa shape index (κ1) is 24.6. The molecule has 4 heterocycles. The Balaban J connectivity index is 1.19. The van der Waals surface area contributed by atoms with Crippen LogP contribution in [-0.4, -0.2) is 82.5 Å². The van der Waals surface area contributed by atoms with Gasteiger partial charge in [0.15, 0.2) is 15.0 Å². The fraction of sp³-hybridized carbons (Fsp3) is 0.455. The number of thiophene rings is 1. The first-order valence-corrected chi connectivity index (χ1v) is 16.3. The number of hydrogen-bond acceptors (Lipinski definition) is 9. The summed E-state index contributed by atoms with van der Waals surface area (Å²) < 4.78 is 52.3. The standard InChI is InChI=1S/C22H26N4O5S4/c1-34(28,29)18-5-2-4-17-20(18)23-22(33-17)25-13-11-24(12-14-25)21(27)16-7-9-26(10-8-16)35(30,31)19-6-3-15-32-19/h2-6,15-16H,7-14H2,1H3. The topological polar surface area (TPSA) is 108 Å². The van der Waals surface area contributed by atoms with Crippen molar-refractivity contribution >= 4 is 63.8 Å². The number of para-hydroxylation sites is 1. The summed E-state index contributed by atoms with van der Waals surface area (Å²) in [5.74, 6) is -0.0856. The summed E-state index contributed by atoms with van der Waals surface area (Å²) in [6.07, 6.45) is 2.23. The maximum Gasteiger partial charge on any atom is 0.252 e. The van der Waals surface area contributed by atoms with Gasteiger partial charge in [-0.2, -0.15) is 4.31 Å². The molecule has 9 nitrogen and oxygen atoms in total. The van der Waals surface area contributed by atoms with Gasteiger partial charge in [0.2, 0.25) is 5.91 Å². The van der Waals surface area contributed by atoms with E-state index in [2.05, 4.69) is 9.88 Å². The zero-order chi connectivity index (χ0) is 24.8. The predicted molar refractivity (Wildman–Crippen MR) is 137 cm³/mol. The lowest BCUT2D eigenvalue weighted by atomic mass is 9.96. The van der Waals surface area contributed by atoms with E-state index in [1.807, 2.05) is 11.0 Å². The van der Waals surface area contributed by atoms with Crippen molar-refractivity contribution in [3.63, 3.8) is 0 Å². The van der Waals surface area contributed by atoms with E-state index in [9.17, 15) is 21.6 Å². The van der Waals surface area contributed by atoms with Crippen molar-refractivity contribution in [2.45, 2.75) is 21.9 Å². The Morgan fingerprint density at radius 3 is 2.31 bits per heavy atom. The molecular formula is C22H26N4O5S4. The minimum Gasteiger partial charge on any atom is -0.345 e. The van der Waals surface area contributed by atoms with Crippen LogP contribution >= 0.6 is 22.7 Å². The molecule has 2 aliphatic heterocycles. The first-order chi connectivity index (χ1) is 16.6. The normalized spacial score (nSPS) is 18.9. The van der Waals surface area contributed by atoms with Gasteiger partial charge in [0.25, 0.3) is 10.0 Å². The fourth-order valence-electron chi connectivity index (χ4n) is 4.60. The van der Waals surface area contributed by atoms with Gasteiger partial charge in [0, 0.05) is 51.4 Å². The minimum atomic E-state index is -3.48. The summed E-state index contributed by atoms with van der Waals surface area (Å²) in [6.45, 7) is 3.05. The van der Waals surface area contributed by atoms with Crippen molar-refractivity contribution < 1.29 is 21.6 Å². The predicted octanol–water partition coefficient (Wildman–Crippen LogP) is 2.51. The lowest BCUT2D eigenvalue weighted by molar-refractivity contribution is -0.137. The number of rotatable bonds is 5. The van der Waals surface area contributed by atoms with Crippen LogP contribution < -0.4 is 4.90 Å². The number of fused-ring (bicyclic) bond motifs is 1. The summed E-state index contributed by atoms with van der Waals surface area (Å²) in [7, 11) is -6.85. The number of sulfone groups is 1. The van der Waals surface area contributed by atoms with Gasteiger partial charge in [0.05, 0.1) is 9.60 Å². The molecular weight excluding hydrogens is 529 g/mol. The Bertz CT molecular complexity index is 1430. The first-order valence-electron chi connectivity index (χ1n) is 11.3. The van der Waals surface area contributed by atoms with E-state index in [1.54, 1.807) is 29.6 Å². The number of piperidine rings is 1. The molecule has 0 unspecified atom stereocenters. The Morgan fingerprint density at radius 2 is 1.69 bits per heavy atom. The van der Waals surface area contributed by atoms with E-state index in [-0.39, 0.29) is 16.7 Å². The molecule has 2 aliphatic rings. The van der Waals surface area contributed by atoms with Gasteiger partial charge in [-0.1, -0.05) is 23.5 Å². The number of benzene rings is 1. The number of aromatic nitrogens is 1. The van der Waals surface area contributed by atoms with Crippen LogP contribution in [0.15, 0.2) is 44.8 Å². The lowest BCUT2D eigenvalue weighted by Crippen LogP contribution is -2.52. The SMILES string of the molecule is CS(=O)(=O)c1cccc2sc(N3CCN(C(=O)C4CCN(S(=O)(=O)c5cccs5)CC4)CC3)nc12. The van der Waals surface area contributed by atoms with Gasteiger partial charge in [0.1, 0.15) is 9.73 Å². The third kappa shape index (κ3) is 4.84. The molecule has 5 rings (SSSR count). The molecule has 188 valence electrons. The Morgan fingerprint density at radius 1 is 0.971 bits per heavy atom. The minimum absolute atomic E-state index is 0.0847. The molecule has 2 aromatic heterocycles. The van der Waals surface area contributed by atoms with Crippen molar-refractivity contribution in [2.75, 3.05) is 50.4 Å². The third-order valence-corrected chi connectivity index (χ3v) is 12.0. The molecule has 0 radical (unpaired) electrons. The van der Waals surface area contributed by atoms with Crippen LogP contribution in [0.4, 0.5) is 5.13 Å². The van der Waals surface area contributed by atoms with E-state index in [1.165, 1.54) is 33.2 Å². The largest absolute Gasteiger partial charge is 0.345 e. The number of nitrogens with zero attached hydrogens (tertiary/aromatic N) is 4. The van der Waals surface area contributed by atoms with Gasteiger partial charge in [-0.15, -0.1) is 11.3 Å². The maximum atomic E-state index is 13.1. The second-order valence-corrected chi connectivity index (χ2v) is 14.9. The summed E-state index contributed by atoms with van der Waals surface area (Å²) in [5.41, 5.74) is 0.498. The zero-order valence-corrected chi connectivity index (χ0v) is 22.4. The molecule has 1 amide bonds. The van der Waals surface area contributed by atoms with Crippen LogP contribution in [-0.2, 0) is 24.7 Å². The second kappa shape index (κ2) is 9.43. The van der Waals surface area contributed by atoms with Crippen molar-refractivity contribution in [3.05, 3.63) is 35.7 Å². The van der Waals surface area contributed by atoms with Gasteiger partial charge in [-0.05, 0) is 36.4 Å². The quantitative estimate of drug-likeness (QED) is 0.477. The van der Waals surface area contributed by atoms with Gasteiger partial charge >= 0.3 is 0 Å². The average molecular weight is 555 g/mol. The number of carbonyl (C=O) groups excluding carboxylic acids is 1. The fourth-order valence-corrected chi connectivity index (χ4v) is 9.16. The number of amides is 1. The molecule has 13 heteroatoms. The summed E-state index contributed by atoms with van der Waals surface area (Å²) in [5, 5.41) is 2.51. The van der Waals surface area contributed by atoms with Gasteiger partial charge in [-0.3, -0.25) is 4.79 Å². The molecule has 2 fully saturated rings. The van der Waals surface area contributed by atoms with Crippen LogP contribution in [0.25, 0.3) is 10.2 Å². The van der Waals surface area contributed by atoms with Crippen molar-refractivity contribution in [1.29, 1.82) is 0 Å². The highest BCUT2D eigenvalue weighted by Gasteiger charge is 2.35. The molecule has 0 bridgehead atoms. The van der Waals surface area contributed by atoms with Crippen molar-refractivity contribution in [2.24, 2.45) is 5.92 Å². The molecule has 0 atom stereocenters. The van der Waals surface area contributed by atoms with E-state index < -0.39 is 19.9 Å². The molecule has 0 N–H and O–H groups in total. The number of carbonyl (C=O) groups is 1. The number of sulfonamides is 1. The average Bonchev–Trinajstić information content (AvgIpc) is 3.54. The molecule has 35 heavy (non-hydrogen) atoms. The molecule has 3 aromatic rings. The smallest absolute Gasteiger partial charge is 0.252 e. The van der Waals surface area contributed by atoms with Crippen LogP contribution in [0.5, 0.6) is 0 Å². The number of thiazole rings is 1. The molecule has 0 spiro atoms. The highest BCUT2D eigenvalue weighted by Crippen LogP contribution is 2.33. The van der Waals surface area contributed by atoms with E-state index in [0.717, 1.165) is 9.83 Å². The van der Waals surface area contributed by atoms with Gasteiger partial charge < -0.3 is 9.80 Å². The lowest BCUT2D eigenvalue weighted by Gasteiger charge is -2.38. The number of piperazine rings is 1. The highest BCUT2D eigenvalue weighted by molar-refractivity contribution is 7.91. The number of hydrogen-bond donors (Lipinski definition) is 0. The Labute approximate surface area is 213 Å². The van der Waals surface area contributed by atoms with Crippen molar-refractivity contribution in [3.8, 4) is 0 Å². The van der Waals surface area contributed by atoms with E-state index in [0.29, 0.717) is 61.8 Å². The molecule has 0 aliphatic carbocycles. The van der Waals surface area contributed by atoms with E-state index in [4.69, 9.17) is 0 Å². The molecule has 2 saturated heterocycles. The number of anilines is 1. The van der Waals surface area contributed by atoms with E-state index >= 15 is 0 Å². The summed E-state index contributed by atoms with van der Waals surface area (Å²) in [4.78, 5) is 21.9.